The largest absolute Gasteiger partial charge is 0.462 e. The summed E-state index contributed by atoms with van der Waals surface area (Å²) in [5.41, 5.74) is 0.410. The van der Waals surface area contributed by atoms with Crippen molar-refractivity contribution in [1.82, 2.24) is 0 Å². The Bertz CT molecular complexity index is 177. The smallest absolute Gasteiger partial charge is 0.333 e. The number of hydrogen-bond acceptors (Lipinski definition) is 4. The molecule has 76 valence electrons. The van der Waals surface area contributed by atoms with Crippen LogP contribution in [0, 0.1) is 0 Å². The molecule has 0 aliphatic carbocycles. The van der Waals surface area contributed by atoms with Gasteiger partial charge in [0.25, 0.3) is 0 Å². The molecule has 0 rings (SSSR count). The summed E-state index contributed by atoms with van der Waals surface area (Å²) < 4.78 is 15.0. The van der Waals surface area contributed by atoms with Gasteiger partial charge in [-0.2, -0.15) is 0 Å². The molecule has 5 heteroatoms. The summed E-state index contributed by atoms with van der Waals surface area (Å²) >= 11 is 0. The predicted molar refractivity (Wildman–Crippen MR) is 51.7 cm³/mol. The van der Waals surface area contributed by atoms with Gasteiger partial charge in [-0.05, 0) is 6.92 Å². The van der Waals surface area contributed by atoms with Crippen LogP contribution in [-0.4, -0.2) is 36.1 Å². The SMILES string of the molecule is C=C(C)C(=O)OCC[SiH](OC)OC. The van der Waals surface area contributed by atoms with Crippen molar-refractivity contribution in [2.45, 2.75) is 13.0 Å². The minimum Gasteiger partial charge on any atom is -0.462 e. The maximum atomic E-state index is 10.9. The fourth-order valence-corrected chi connectivity index (χ4v) is 1.68. The number of esters is 1. The van der Waals surface area contributed by atoms with Gasteiger partial charge in [0.15, 0.2) is 0 Å². The summed E-state index contributed by atoms with van der Waals surface area (Å²) in [7, 11) is 1.61. The molecule has 0 amide bonds. The number of hydrogen-bond donors (Lipinski definition) is 0. The van der Waals surface area contributed by atoms with E-state index in [1.807, 2.05) is 0 Å². The fourth-order valence-electron chi connectivity index (χ4n) is 0.703. The lowest BCUT2D eigenvalue weighted by molar-refractivity contribution is -0.138. The Morgan fingerprint density at radius 2 is 1.92 bits per heavy atom. The fraction of sp³-hybridized carbons (Fsp3) is 0.625. The van der Waals surface area contributed by atoms with Gasteiger partial charge in [0.05, 0.1) is 6.61 Å². The Morgan fingerprint density at radius 1 is 1.38 bits per heavy atom. The van der Waals surface area contributed by atoms with E-state index >= 15 is 0 Å². The van der Waals surface area contributed by atoms with Crippen molar-refractivity contribution in [3.8, 4) is 0 Å². The molecule has 0 saturated heterocycles. The van der Waals surface area contributed by atoms with Crippen molar-refractivity contribution in [3.05, 3.63) is 12.2 Å². The van der Waals surface area contributed by atoms with Crippen molar-refractivity contribution < 1.29 is 18.4 Å². The Balaban J connectivity index is 3.54. The lowest BCUT2D eigenvalue weighted by Crippen LogP contribution is -2.21. The average molecular weight is 204 g/mol. The second-order valence-corrected chi connectivity index (χ2v) is 4.99. The van der Waals surface area contributed by atoms with Gasteiger partial charge in [0, 0.05) is 25.8 Å². The molecule has 13 heavy (non-hydrogen) atoms. The summed E-state index contributed by atoms with van der Waals surface area (Å²) in [6.45, 7) is 5.42. The first-order chi connectivity index (χ1) is 6.11. The van der Waals surface area contributed by atoms with E-state index in [1.54, 1.807) is 21.1 Å². The first-order valence-corrected chi connectivity index (χ1v) is 5.76. The highest BCUT2D eigenvalue weighted by molar-refractivity contribution is 6.44. The van der Waals surface area contributed by atoms with Gasteiger partial charge in [-0.25, -0.2) is 4.79 Å². The molecular weight excluding hydrogens is 188 g/mol. The Labute approximate surface area is 80.3 Å². The van der Waals surface area contributed by atoms with E-state index in [4.69, 9.17) is 13.6 Å². The van der Waals surface area contributed by atoms with E-state index in [-0.39, 0.29) is 5.97 Å². The van der Waals surface area contributed by atoms with Crippen molar-refractivity contribution in [2.24, 2.45) is 0 Å². The standard InChI is InChI=1S/C8H16O4Si/c1-7(2)8(9)12-5-6-13(10-3)11-4/h13H,1,5-6H2,2-4H3. The maximum absolute atomic E-state index is 10.9. The Kier molecular flexibility index (Phi) is 6.48. The number of carbonyl (C=O) groups excluding carboxylic acids is 1. The monoisotopic (exact) mass is 204 g/mol. The number of rotatable bonds is 6. The van der Waals surface area contributed by atoms with Crippen molar-refractivity contribution >= 4 is 15.3 Å². The van der Waals surface area contributed by atoms with E-state index in [0.717, 1.165) is 0 Å². The third-order valence-corrected chi connectivity index (χ3v) is 3.22. The average Bonchev–Trinajstić information content (AvgIpc) is 2.12. The molecule has 0 radical (unpaired) electrons. The van der Waals surface area contributed by atoms with Gasteiger partial charge in [-0.1, -0.05) is 6.58 Å². The quantitative estimate of drug-likeness (QED) is 0.361. The molecule has 0 fully saturated rings. The summed E-state index contributed by atoms with van der Waals surface area (Å²) in [5, 5.41) is 0. The zero-order valence-corrected chi connectivity index (χ0v) is 9.49. The molecule has 0 spiro atoms. The van der Waals surface area contributed by atoms with Crippen molar-refractivity contribution in [1.29, 1.82) is 0 Å². The van der Waals surface area contributed by atoms with Crippen LogP contribution in [0.5, 0.6) is 0 Å². The second-order valence-electron chi connectivity index (χ2n) is 2.61. The van der Waals surface area contributed by atoms with Crippen LogP contribution in [0.1, 0.15) is 6.92 Å². The van der Waals surface area contributed by atoms with Gasteiger partial charge in [-0.3, -0.25) is 0 Å². The third kappa shape index (κ3) is 5.56. The van der Waals surface area contributed by atoms with Crippen molar-refractivity contribution in [3.63, 3.8) is 0 Å². The molecule has 0 atom stereocenters. The van der Waals surface area contributed by atoms with Crippen LogP contribution in [-0.2, 0) is 18.4 Å². The highest BCUT2D eigenvalue weighted by Crippen LogP contribution is 1.98. The maximum Gasteiger partial charge on any atom is 0.333 e. The Morgan fingerprint density at radius 3 is 2.31 bits per heavy atom. The molecule has 4 nitrogen and oxygen atoms in total. The van der Waals surface area contributed by atoms with Crippen LogP contribution in [0.2, 0.25) is 6.04 Å². The molecular formula is C8H16O4Si. The molecule has 0 aliphatic heterocycles. The molecule has 0 unspecified atom stereocenters. The van der Waals surface area contributed by atoms with Gasteiger partial charge in [0.1, 0.15) is 0 Å². The summed E-state index contributed by atoms with van der Waals surface area (Å²) in [6.07, 6.45) is 0. The summed E-state index contributed by atoms with van der Waals surface area (Å²) in [5.74, 6) is -0.361. The number of ether oxygens (including phenoxy) is 1. The van der Waals surface area contributed by atoms with Crippen LogP contribution in [0.15, 0.2) is 12.2 Å². The number of carbonyl (C=O) groups is 1. The topological polar surface area (TPSA) is 44.8 Å². The molecule has 0 bridgehead atoms. The van der Waals surface area contributed by atoms with Crippen LogP contribution in [0.25, 0.3) is 0 Å². The Hall–Kier alpha value is -0.653. The third-order valence-electron chi connectivity index (χ3n) is 1.46. The van der Waals surface area contributed by atoms with Crippen LogP contribution in [0.4, 0.5) is 0 Å². The van der Waals surface area contributed by atoms with Gasteiger partial charge in [0.2, 0.25) is 0 Å². The lowest BCUT2D eigenvalue weighted by Gasteiger charge is -2.10. The lowest BCUT2D eigenvalue weighted by atomic mass is 10.4. The van der Waals surface area contributed by atoms with E-state index in [0.29, 0.717) is 18.2 Å². The zero-order valence-electron chi connectivity index (χ0n) is 8.33. The molecule has 0 aromatic carbocycles. The minimum atomic E-state index is -1.59. The van der Waals surface area contributed by atoms with Gasteiger partial charge < -0.3 is 13.6 Å². The van der Waals surface area contributed by atoms with E-state index in [2.05, 4.69) is 6.58 Å². The van der Waals surface area contributed by atoms with E-state index < -0.39 is 9.28 Å². The van der Waals surface area contributed by atoms with Gasteiger partial charge >= 0.3 is 15.3 Å². The van der Waals surface area contributed by atoms with Crippen molar-refractivity contribution in [2.75, 3.05) is 20.8 Å². The molecule has 0 aromatic rings. The second kappa shape index (κ2) is 6.82. The highest BCUT2D eigenvalue weighted by Gasteiger charge is 2.10. The zero-order chi connectivity index (χ0) is 10.3. The molecule has 0 aliphatic rings. The van der Waals surface area contributed by atoms with Crippen LogP contribution >= 0.6 is 0 Å². The summed E-state index contributed by atoms with van der Waals surface area (Å²) in [4.78, 5) is 10.9. The molecule has 0 N–H and O–H groups in total. The molecule has 0 saturated carbocycles. The predicted octanol–water partition coefficient (Wildman–Crippen LogP) is 0.619. The minimum absolute atomic E-state index is 0.338. The molecule has 0 aromatic heterocycles. The van der Waals surface area contributed by atoms with E-state index in [1.165, 1.54) is 0 Å². The van der Waals surface area contributed by atoms with Crippen LogP contribution < -0.4 is 0 Å². The first-order valence-electron chi connectivity index (χ1n) is 4.00. The van der Waals surface area contributed by atoms with Gasteiger partial charge in [-0.15, -0.1) is 0 Å². The normalized spacial score (nSPS) is 10.2. The highest BCUT2D eigenvalue weighted by atomic mass is 28.3. The summed E-state index contributed by atoms with van der Waals surface area (Å²) in [6, 6.07) is 0.659. The van der Waals surface area contributed by atoms with E-state index in [9.17, 15) is 4.79 Å². The first kappa shape index (κ1) is 12.3. The van der Waals surface area contributed by atoms with Crippen LogP contribution in [0.3, 0.4) is 0 Å². The molecule has 0 heterocycles.